The lowest BCUT2D eigenvalue weighted by molar-refractivity contribution is -0.385. The first-order valence-electron chi connectivity index (χ1n) is 5.57. The van der Waals surface area contributed by atoms with Gasteiger partial charge in [0.05, 0.1) is 11.0 Å². The molecule has 0 saturated carbocycles. The number of nitro groups is 1. The van der Waals surface area contributed by atoms with Crippen LogP contribution >= 0.6 is 0 Å². The number of aliphatic hydroxyl groups excluding tert-OH is 1. The number of nitrogens with zero attached hydrogens (tertiary/aromatic N) is 2. The minimum absolute atomic E-state index is 0.0162. The second kappa shape index (κ2) is 5.98. The summed E-state index contributed by atoms with van der Waals surface area (Å²) in [5.74, 6) is 0. The molecule has 0 radical (unpaired) electrons. The summed E-state index contributed by atoms with van der Waals surface area (Å²) in [5.41, 5.74) is 0.384. The highest BCUT2D eigenvalue weighted by Crippen LogP contribution is 2.23. The number of hydrogen-bond acceptors (Lipinski definition) is 5. The molecule has 6 nitrogen and oxygen atoms in total. The van der Waals surface area contributed by atoms with Crippen LogP contribution < -0.4 is 5.32 Å². The van der Waals surface area contributed by atoms with Crippen LogP contribution in [0.5, 0.6) is 0 Å². The summed E-state index contributed by atoms with van der Waals surface area (Å²) in [7, 11) is 0. The SMILES string of the molecule is CC(O)CC(C)Nc1ccc(C#N)c([N+](=O)[O-])c1. The van der Waals surface area contributed by atoms with Gasteiger partial charge < -0.3 is 10.4 Å². The molecule has 2 unspecified atom stereocenters. The first-order valence-corrected chi connectivity index (χ1v) is 5.57. The fourth-order valence-corrected chi connectivity index (χ4v) is 1.72. The quantitative estimate of drug-likeness (QED) is 0.614. The Labute approximate surface area is 105 Å². The lowest BCUT2D eigenvalue weighted by Gasteiger charge is -2.16. The summed E-state index contributed by atoms with van der Waals surface area (Å²) in [4.78, 5) is 10.2. The van der Waals surface area contributed by atoms with E-state index in [1.807, 2.05) is 6.92 Å². The highest BCUT2D eigenvalue weighted by molar-refractivity contribution is 5.59. The number of nitriles is 1. The zero-order valence-corrected chi connectivity index (χ0v) is 10.3. The van der Waals surface area contributed by atoms with Crippen LogP contribution in [0.4, 0.5) is 11.4 Å². The van der Waals surface area contributed by atoms with Crippen molar-refractivity contribution in [3.63, 3.8) is 0 Å². The van der Waals surface area contributed by atoms with E-state index in [2.05, 4.69) is 5.32 Å². The zero-order chi connectivity index (χ0) is 13.7. The van der Waals surface area contributed by atoms with E-state index in [0.717, 1.165) is 0 Å². The van der Waals surface area contributed by atoms with Crippen molar-refractivity contribution in [1.82, 2.24) is 0 Å². The van der Waals surface area contributed by atoms with Crippen molar-refractivity contribution in [2.75, 3.05) is 5.32 Å². The summed E-state index contributed by atoms with van der Waals surface area (Å²) in [5, 5.41) is 31.8. The fraction of sp³-hybridized carbons (Fsp3) is 0.417. The third kappa shape index (κ3) is 3.71. The van der Waals surface area contributed by atoms with Crippen LogP contribution in [-0.4, -0.2) is 22.2 Å². The predicted octanol–water partition coefficient (Wildman–Crippen LogP) is 2.04. The Bertz CT molecular complexity index is 480. The molecular formula is C12H15N3O3. The molecule has 1 rings (SSSR count). The van der Waals surface area contributed by atoms with Crippen LogP contribution in [0.3, 0.4) is 0 Å². The summed E-state index contributed by atoms with van der Waals surface area (Å²) in [6, 6.07) is 6.12. The summed E-state index contributed by atoms with van der Waals surface area (Å²) in [6.45, 7) is 3.55. The van der Waals surface area contributed by atoms with E-state index in [-0.39, 0.29) is 17.3 Å². The maximum Gasteiger partial charge on any atom is 0.289 e. The van der Waals surface area contributed by atoms with Gasteiger partial charge in [0, 0.05) is 17.8 Å². The molecule has 0 spiro atoms. The van der Waals surface area contributed by atoms with Crippen molar-refractivity contribution in [2.24, 2.45) is 0 Å². The maximum absolute atomic E-state index is 10.8. The number of rotatable bonds is 5. The predicted molar refractivity (Wildman–Crippen MR) is 67.2 cm³/mol. The molecule has 0 heterocycles. The summed E-state index contributed by atoms with van der Waals surface area (Å²) in [6.07, 6.45) is 0.0919. The molecular weight excluding hydrogens is 234 g/mol. The second-order valence-corrected chi connectivity index (χ2v) is 4.23. The topological polar surface area (TPSA) is 99.2 Å². The zero-order valence-electron chi connectivity index (χ0n) is 10.3. The van der Waals surface area contributed by atoms with Gasteiger partial charge >= 0.3 is 0 Å². The van der Waals surface area contributed by atoms with Gasteiger partial charge in [-0.05, 0) is 32.4 Å². The van der Waals surface area contributed by atoms with E-state index in [1.54, 1.807) is 19.1 Å². The number of nitrogens with one attached hydrogen (secondary N) is 1. The lowest BCUT2D eigenvalue weighted by atomic mass is 10.1. The Hall–Kier alpha value is -2.13. The van der Waals surface area contributed by atoms with Gasteiger partial charge in [-0.3, -0.25) is 10.1 Å². The van der Waals surface area contributed by atoms with Crippen LogP contribution in [0.25, 0.3) is 0 Å². The molecule has 0 aliphatic heterocycles. The van der Waals surface area contributed by atoms with Gasteiger partial charge in [0.25, 0.3) is 5.69 Å². The molecule has 0 aliphatic rings. The molecule has 0 aromatic heterocycles. The Morgan fingerprint density at radius 3 is 2.72 bits per heavy atom. The van der Waals surface area contributed by atoms with E-state index in [9.17, 15) is 15.2 Å². The number of nitro benzene ring substituents is 1. The van der Waals surface area contributed by atoms with E-state index >= 15 is 0 Å². The van der Waals surface area contributed by atoms with E-state index in [1.165, 1.54) is 12.1 Å². The van der Waals surface area contributed by atoms with Crippen LogP contribution in [0, 0.1) is 21.4 Å². The monoisotopic (exact) mass is 249 g/mol. The first kappa shape index (κ1) is 13.9. The molecule has 1 aromatic rings. The van der Waals surface area contributed by atoms with Gasteiger partial charge in [0.15, 0.2) is 0 Å². The fourth-order valence-electron chi connectivity index (χ4n) is 1.72. The van der Waals surface area contributed by atoms with Gasteiger partial charge in [-0.15, -0.1) is 0 Å². The van der Waals surface area contributed by atoms with Crippen molar-refractivity contribution in [3.05, 3.63) is 33.9 Å². The largest absolute Gasteiger partial charge is 0.393 e. The van der Waals surface area contributed by atoms with Crippen LogP contribution in [-0.2, 0) is 0 Å². The van der Waals surface area contributed by atoms with Gasteiger partial charge in [0.2, 0.25) is 0 Å². The third-order valence-electron chi connectivity index (χ3n) is 2.42. The van der Waals surface area contributed by atoms with E-state index < -0.39 is 11.0 Å². The smallest absolute Gasteiger partial charge is 0.289 e. The third-order valence-corrected chi connectivity index (χ3v) is 2.42. The molecule has 96 valence electrons. The van der Waals surface area contributed by atoms with E-state index in [4.69, 9.17) is 5.26 Å². The molecule has 0 aliphatic carbocycles. The minimum Gasteiger partial charge on any atom is -0.393 e. The van der Waals surface area contributed by atoms with Gasteiger partial charge in [-0.25, -0.2) is 0 Å². The van der Waals surface area contributed by atoms with Crippen molar-refractivity contribution >= 4 is 11.4 Å². The molecule has 18 heavy (non-hydrogen) atoms. The average molecular weight is 249 g/mol. The Kier molecular flexibility index (Phi) is 4.63. The van der Waals surface area contributed by atoms with Gasteiger partial charge in [0.1, 0.15) is 11.6 Å². The normalized spacial score (nSPS) is 13.4. The molecule has 1 aromatic carbocycles. The van der Waals surface area contributed by atoms with Crippen molar-refractivity contribution in [2.45, 2.75) is 32.4 Å². The van der Waals surface area contributed by atoms with Crippen molar-refractivity contribution in [1.29, 1.82) is 5.26 Å². The van der Waals surface area contributed by atoms with Gasteiger partial charge in [-0.2, -0.15) is 5.26 Å². The Morgan fingerprint density at radius 2 is 2.22 bits per heavy atom. The summed E-state index contributed by atoms with van der Waals surface area (Å²) < 4.78 is 0. The van der Waals surface area contributed by atoms with E-state index in [0.29, 0.717) is 12.1 Å². The van der Waals surface area contributed by atoms with Gasteiger partial charge in [-0.1, -0.05) is 0 Å². The Balaban J connectivity index is 2.89. The van der Waals surface area contributed by atoms with Crippen LogP contribution in [0.15, 0.2) is 18.2 Å². The maximum atomic E-state index is 10.8. The number of hydrogen-bond donors (Lipinski definition) is 2. The first-order chi connectivity index (χ1) is 8.43. The molecule has 2 N–H and O–H groups in total. The molecule has 0 fully saturated rings. The molecule has 0 amide bonds. The molecule has 2 atom stereocenters. The average Bonchev–Trinajstić information content (AvgIpc) is 2.27. The standard InChI is InChI=1S/C12H15N3O3/c1-8(5-9(2)16)14-11-4-3-10(7-13)12(6-11)15(17)18/h3-4,6,8-9,14,16H,5H2,1-2H3. The number of anilines is 1. The minimum atomic E-state index is -0.580. The lowest BCUT2D eigenvalue weighted by Crippen LogP contribution is -2.20. The summed E-state index contributed by atoms with van der Waals surface area (Å²) >= 11 is 0. The molecule has 0 saturated heterocycles. The molecule has 0 bridgehead atoms. The van der Waals surface area contributed by atoms with Crippen molar-refractivity contribution in [3.8, 4) is 6.07 Å². The van der Waals surface area contributed by atoms with Crippen molar-refractivity contribution < 1.29 is 10.0 Å². The molecule has 6 heteroatoms. The van der Waals surface area contributed by atoms with Crippen LogP contribution in [0.2, 0.25) is 0 Å². The number of benzene rings is 1. The number of aliphatic hydroxyl groups is 1. The van der Waals surface area contributed by atoms with Crippen LogP contribution in [0.1, 0.15) is 25.8 Å². The Morgan fingerprint density at radius 1 is 1.56 bits per heavy atom. The highest BCUT2D eigenvalue weighted by Gasteiger charge is 2.15. The highest BCUT2D eigenvalue weighted by atomic mass is 16.6. The second-order valence-electron chi connectivity index (χ2n) is 4.23.